The molecule has 126 valence electrons. The van der Waals surface area contributed by atoms with Crippen LogP contribution in [0.2, 0.25) is 0 Å². The second kappa shape index (κ2) is 11.8. The molecule has 0 saturated carbocycles. The zero-order valence-electron chi connectivity index (χ0n) is 17.0. The maximum atomic E-state index is 2.19. The zero-order chi connectivity index (χ0) is 17.7. The molecule has 0 atom stereocenters. The van der Waals surface area contributed by atoms with E-state index in [1.807, 2.05) is 20.8 Å². The molecule has 0 unspecified atom stereocenters. The minimum atomic E-state index is 0.370. The van der Waals surface area contributed by atoms with Gasteiger partial charge in [0.15, 0.2) is 0 Å². The average Bonchev–Trinajstić information content (AvgIpc) is 2.12. The second-order valence-electron chi connectivity index (χ2n) is 8.60. The smallest absolute Gasteiger partial charge is 0.0203 e. The van der Waals surface area contributed by atoms with Crippen LogP contribution in [0.15, 0.2) is 36.5 Å². The van der Waals surface area contributed by atoms with E-state index < -0.39 is 0 Å². The molecule has 21 heavy (non-hydrogen) atoms. The fourth-order valence-electron chi connectivity index (χ4n) is 1.50. The van der Waals surface area contributed by atoms with Gasteiger partial charge in [-0.05, 0) is 37.0 Å². The lowest BCUT2D eigenvalue weighted by atomic mass is 9.97. The van der Waals surface area contributed by atoms with Gasteiger partial charge in [-0.3, -0.25) is 0 Å². The van der Waals surface area contributed by atoms with Gasteiger partial charge in [-0.2, -0.15) is 0 Å². The van der Waals surface area contributed by atoms with Crippen LogP contribution in [0.25, 0.3) is 0 Å². The van der Waals surface area contributed by atoms with Crippen molar-refractivity contribution in [2.45, 2.75) is 83.1 Å². The quantitative estimate of drug-likeness (QED) is 0.399. The fraction of sp³-hybridized carbons (Fsp3) is 0.714. The van der Waals surface area contributed by atoms with Crippen molar-refractivity contribution in [1.82, 2.24) is 0 Å². The molecule has 0 rings (SSSR count). The second-order valence-corrected chi connectivity index (χ2v) is 8.60. The van der Waals surface area contributed by atoms with Crippen molar-refractivity contribution in [2.75, 3.05) is 0 Å². The summed E-state index contributed by atoms with van der Waals surface area (Å²) in [6.45, 7) is 25.8. The van der Waals surface area contributed by atoms with Gasteiger partial charge >= 0.3 is 0 Å². The number of allylic oxidation sites excluding steroid dienone is 6. The number of hydrogen-bond donors (Lipinski definition) is 0. The van der Waals surface area contributed by atoms with Crippen molar-refractivity contribution in [1.29, 1.82) is 0 Å². The van der Waals surface area contributed by atoms with Gasteiger partial charge in [0, 0.05) is 0 Å². The van der Waals surface area contributed by atoms with Crippen molar-refractivity contribution < 1.29 is 0 Å². The SMILES string of the molecule is C/C=C/C(C)(C)C.C/C=C/C(C)(C)C.C/C=C/C(C)(C)C. The first kappa shape index (κ1) is 25.2. The summed E-state index contributed by atoms with van der Waals surface area (Å²) in [6, 6.07) is 0. The van der Waals surface area contributed by atoms with Gasteiger partial charge < -0.3 is 0 Å². The lowest BCUT2D eigenvalue weighted by Gasteiger charge is -2.09. The third-order valence-corrected chi connectivity index (χ3v) is 2.00. The van der Waals surface area contributed by atoms with E-state index >= 15 is 0 Å². The topological polar surface area (TPSA) is 0 Å². The summed E-state index contributed by atoms with van der Waals surface area (Å²) in [7, 11) is 0. The molecule has 0 aliphatic carbocycles. The highest BCUT2D eigenvalue weighted by Gasteiger charge is 2.01. The fourth-order valence-corrected chi connectivity index (χ4v) is 1.50. The first-order chi connectivity index (χ1) is 9.18. The molecule has 0 radical (unpaired) electrons. The van der Waals surface area contributed by atoms with Crippen LogP contribution in [0.1, 0.15) is 83.1 Å². The number of rotatable bonds is 0. The van der Waals surface area contributed by atoms with Gasteiger partial charge in [-0.15, -0.1) is 0 Å². The Labute approximate surface area is 136 Å². The highest BCUT2D eigenvalue weighted by molar-refractivity contribution is 4.90. The van der Waals surface area contributed by atoms with Gasteiger partial charge in [0.25, 0.3) is 0 Å². The third kappa shape index (κ3) is 45.3. The Hall–Kier alpha value is -0.780. The van der Waals surface area contributed by atoms with Gasteiger partial charge in [-0.25, -0.2) is 0 Å². The molecule has 0 heteroatoms. The summed E-state index contributed by atoms with van der Waals surface area (Å²) in [5, 5.41) is 0. The van der Waals surface area contributed by atoms with Gasteiger partial charge in [0.05, 0.1) is 0 Å². The predicted molar refractivity (Wildman–Crippen MR) is 103 cm³/mol. The van der Waals surface area contributed by atoms with E-state index in [1.54, 1.807) is 0 Å². The van der Waals surface area contributed by atoms with Crippen LogP contribution in [0, 0.1) is 16.2 Å². The van der Waals surface area contributed by atoms with Crippen LogP contribution in [-0.4, -0.2) is 0 Å². The first-order valence-electron chi connectivity index (χ1n) is 8.10. The summed E-state index contributed by atoms with van der Waals surface area (Å²) in [6.07, 6.45) is 12.8. The van der Waals surface area contributed by atoms with Crippen LogP contribution >= 0.6 is 0 Å². The van der Waals surface area contributed by atoms with Crippen molar-refractivity contribution in [3.63, 3.8) is 0 Å². The Morgan fingerprint density at radius 3 is 0.524 bits per heavy atom. The van der Waals surface area contributed by atoms with E-state index in [-0.39, 0.29) is 0 Å². The Bertz CT molecular complexity index is 240. The van der Waals surface area contributed by atoms with Crippen molar-refractivity contribution in [3.05, 3.63) is 36.5 Å². The number of hydrogen-bond acceptors (Lipinski definition) is 0. The molecule has 0 heterocycles. The predicted octanol–water partition coefficient (Wildman–Crippen LogP) is 7.83. The summed E-state index contributed by atoms with van der Waals surface area (Å²) < 4.78 is 0. The van der Waals surface area contributed by atoms with E-state index in [9.17, 15) is 0 Å². The molecule has 0 N–H and O–H groups in total. The highest BCUT2D eigenvalue weighted by atomic mass is 14.1. The van der Waals surface area contributed by atoms with Crippen molar-refractivity contribution in [3.8, 4) is 0 Å². The van der Waals surface area contributed by atoms with E-state index in [1.165, 1.54) is 0 Å². The molecule has 0 aliphatic heterocycles. The third-order valence-electron chi connectivity index (χ3n) is 2.00. The maximum absolute atomic E-state index is 2.19. The minimum absolute atomic E-state index is 0.370. The van der Waals surface area contributed by atoms with Crippen LogP contribution in [0.4, 0.5) is 0 Å². The normalized spacial score (nSPS) is 13.1. The van der Waals surface area contributed by atoms with E-state index in [0.29, 0.717) is 16.2 Å². The van der Waals surface area contributed by atoms with E-state index in [2.05, 4.69) is 98.8 Å². The largest absolute Gasteiger partial charge is 0.0911 e. The molecule has 0 aromatic carbocycles. The van der Waals surface area contributed by atoms with E-state index in [0.717, 1.165) is 0 Å². The molecule has 0 fully saturated rings. The van der Waals surface area contributed by atoms with Gasteiger partial charge in [0.1, 0.15) is 0 Å². The molecular formula is C21H42. The van der Waals surface area contributed by atoms with Crippen LogP contribution < -0.4 is 0 Å². The van der Waals surface area contributed by atoms with Crippen LogP contribution in [-0.2, 0) is 0 Å². The van der Waals surface area contributed by atoms with E-state index in [4.69, 9.17) is 0 Å². The molecule has 0 aromatic rings. The standard InChI is InChI=1S/3C7H14/c3*1-5-6-7(2,3)4/h3*5-6H,1-4H3/b3*6-5+. The molecule has 0 aromatic heterocycles. The maximum Gasteiger partial charge on any atom is -0.0203 e. The van der Waals surface area contributed by atoms with Crippen molar-refractivity contribution in [2.24, 2.45) is 16.2 Å². The monoisotopic (exact) mass is 294 g/mol. The van der Waals surface area contributed by atoms with Gasteiger partial charge in [0.2, 0.25) is 0 Å². The molecular weight excluding hydrogens is 252 g/mol. The lowest BCUT2D eigenvalue weighted by molar-refractivity contribution is 0.543. The molecule has 0 bridgehead atoms. The Kier molecular flexibility index (Phi) is 14.2. The minimum Gasteiger partial charge on any atom is -0.0911 e. The highest BCUT2D eigenvalue weighted by Crippen LogP contribution is 2.14. The molecule has 0 amide bonds. The Morgan fingerprint density at radius 2 is 0.524 bits per heavy atom. The Balaban J connectivity index is -0.000000231. The summed E-state index contributed by atoms with van der Waals surface area (Å²) in [5.41, 5.74) is 1.11. The van der Waals surface area contributed by atoms with Crippen LogP contribution in [0.5, 0.6) is 0 Å². The molecule has 0 aliphatic rings. The van der Waals surface area contributed by atoms with Crippen LogP contribution in [0.3, 0.4) is 0 Å². The molecule has 0 saturated heterocycles. The average molecular weight is 295 g/mol. The lowest BCUT2D eigenvalue weighted by Crippen LogP contribution is -1.97. The molecule has 0 nitrogen and oxygen atoms in total. The summed E-state index contributed by atoms with van der Waals surface area (Å²) >= 11 is 0. The Morgan fingerprint density at radius 1 is 0.381 bits per heavy atom. The summed E-state index contributed by atoms with van der Waals surface area (Å²) in [5.74, 6) is 0. The van der Waals surface area contributed by atoms with Crippen molar-refractivity contribution >= 4 is 0 Å². The zero-order valence-corrected chi connectivity index (χ0v) is 17.0. The first-order valence-corrected chi connectivity index (χ1v) is 8.10. The summed E-state index contributed by atoms with van der Waals surface area (Å²) in [4.78, 5) is 0. The molecule has 0 spiro atoms. The van der Waals surface area contributed by atoms with Gasteiger partial charge in [-0.1, -0.05) is 98.8 Å².